The van der Waals surface area contributed by atoms with Gasteiger partial charge in [-0.05, 0) is 80.2 Å². The summed E-state index contributed by atoms with van der Waals surface area (Å²) >= 11 is 0. The molecule has 0 unspecified atom stereocenters. The quantitative estimate of drug-likeness (QED) is 0.189. The molecule has 1 aliphatic carbocycles. The molecule has 0 amide bonds. The topological polar surface area (TPSA) is 70.5 Å². The van der Waals surface area contributed by atoms with Crippen LogP contribution in [0.3, 0.4) is 0 Å². The molecule has 1 saturated carbocycles. The lowest BCUT2D eigenvalue weighted by Gasteiger charge is -2.28. The van der Waals surface area contributed by atoms with Crippen molar-refractivity contribution in [1.29, 1.82) is 0 Å². The van der Waals surface area contributed by atoms with E-state index in [0.717, 1.165) is 30.7 Å². The third-order valence-electron chi connectivity index (χ3n) is 7.63. The van der Waals surface area contributed by atoms with Gasteiger partial charge in [-0.15, -0.1) is 0 Å². The first-order valence-electron chi connectivity index (χ1n) is 14.0. The third-order valence-corrected chi connectivity index (χ3v) is 7.63. The van der Waals surface area contributed by atoms with Gasteiger partial charge in [-0.25, -0.2) is 9.97 Å². The highest BCUT2D eigenvalue weighted by atomic mass is 16.7. The van der Waals surface area contributed by atoms with Gasteiger partial charge in [0.15, 0.2) is 12.1 Å². The molecule has 196 valence electrons. The van der Waals surface area contributed by atoms with Crippen molar-refractivity contribution in [2.45, 2.75) is 96.7 Å². The highest BCUT2D eigenvalue weighted by molar-refractivity contribution is 5.75. The number of esters is 1. The maximum absolute atomic E-state index is 12.5. The zero-order valence-corrected chi connectivity index (χ0v) is 22.0. The van der Waals surface area contributed by atoms with Gasteiger partial charge >= 0.3 is 5.97 Å². The van der Waals surface area contributed by atoms with Crippen LogP contribution in [0.15, 0.2) is 36.7 Å². The molecule has 36 heavy (non-hydrogen) atoms. The van der Waals surface area contributed by atoms with E-state index in [0.29, 0.717) is 30.7 Å². The number of benzene rings is 1. The zero-order chi connectivity index (χ0) is 25.2. The molecule has 1 aromatic carbocycles. The highest BCUT2D eigenvalue weighted by Crippen LogP contribution is 2.37. The van der Waals surface area contributed by atoms with Crippen molar-refractivity contribution in [1.82, 2.24) is 9.97 Å². The van der Waals surface area contributed by atoms with E-state index in [1.807, 2.05) is 24.5 Å². The molecule has 0 N–H and O–H groups in total. The van der Waals surface area contributed by atoms with Crippen LogP contribution in [0.2, 0.25) is 0 Å². The molecule has 1 aliphatic heterocycles. The van der Waals surface area contributed by atoms with Gasteiger partial charge < -0.3 is 14.2 Å². The number of hydrogen-bond donors (Lipinski definition) is 0. The number of nitrogens with zero attached hydrogens (tertiary/aromatic N) is 2. The van der Waals surface area contributed by atoms with Crippen molar-refractivity contribution in [2.75, 3.05) is 13.2 Å². The van der Waals surface area contributed by atoms with E-state index in [2.05, 4.69) is 23.8 Å². The molecule has 6 nitrogen and oxygen atoms in total. The van der Waals surface area contributed by atoms with Crippen LogP contribution < -0.4 is 4.74 Å². The van der Waals surface area contributed by atoms with Crippen molar-refractivity contribution in [3.05, 3.63) is 42.2 Å². The molecular weight excluding hydrogens is 452 g/mol. The third kappa shape index (κ3) is 7.59. The van der Waals surface area contributed by atoms with E-state index < -0.39 is 5.92 Å². The number of rotatable bonds is 11. The molecule has 0 atom stereocenters. The average Bonchev–Trinajstić information content (AvgIpc) is 2.93. The first-order chi connectivity index (χ1) is 17.7. The molecule has 2 heterocycles. The number of carbonyl (C=O) groups is 1. The fourth-order valence-electron chi connectivity index (χ4n) is 5.25. The fourth-order valence-corrected chi connectivity index (χ4v) is 5.25. The summed E-state index contributed by atoms with van der Waals surface area (Å²) in [6, 6.07) is 7.38. The smallest absolute Gasteiger partial charge is 0.319 e. The Morgan fingerprint density at radius 3 is 2.19 bits per heavy atom. The van der Waals surface area contributed by atoms with Gasteiger partial charge in [-0.3, -0.25) is 4.79 Å². The summed E-state index contributed by atoms with van der Waals surface area (Å²) in [4.78, 5) is 21.8. The van der Waals surface area contributed by atoms with Crippen LogP contribution in [-0.2, 0) is 14.3 Å². The Balaban J connectivity index is 1.24. The average molecular weight is 495 g/mol. The highest BCUT2D eigenvalue weighted by Gasteiger charge is 2.29. The van der Waals surface area contributed by atoms with Crippen molar-refractivity contribution in [2.24, 2.45) is 11.8 Å². The fraction of sp³-hybridized carbons (Fsp3) is 0.633. The minimum absolute atomic E-state index is 0.202. The number of aromatic nitrogens is 2. The van der Waals surface area contributed by atoms with Crippen LogP contribution in [0.1, 0.15) is 96.0 Å². The maximum atomic E-state index is 12.5. The van der Waals surface area contributed by atoms with Gasteiger partial charge in [0, 0.05) is 18.0 Å². The van der Waals surface area contributed by atoms with Crippen LogP contribution in [-0.4, -0.2) is 35.4 Å². The lowest BCUT2D eigenvalue weighted by Crippen LogP contribution is -2.38. The number of hydrogen-bond acceptors (Lipinski definition) is 6. The minimum Gasteiger partial charge on any atom is -0.426 e. The Kier molecular flexibility index (Phi) is 10.3. The van der Waals surface area contributed by atoms with Gasteiger partial charge in [0.25, 0.3) is 0 Å². The Bertz CT molecular complexity index is 915. The molecule has 1 saturated heterocycles. The molecule has 2 fully saturated rings. The summed E-state index contributed by atoms with van der Waals surface area (Å²) in [5, 5.41) is 0. The van der Waals surface area contributed by atoms with Crippen LogP contribution in [0.5, 0.6) is 5.75 Å². The van der Waals surface area contributed by atoms with E-state index in [9.17, 15) is 4.79 Å². The van der Waals surface area contributed by atoms with Crippen molar-refractivity contribution < 1.29 is 19.0 Å². The molecule has 0 radical (unpaired) electrons. The largest absolute Gasteiger partial charge is 0.426 e. The second-order valence-electron chi connectivity index (χ2n) is 10.4. The zero-order valence-electron chi connectivity index (χ0n) is 22.0. The van der Waals surface area contributed by atoms with Crippen molar-refractivity contribution in [3.8, 4) is 17.1 Å². The molecule has 6 heteroatoms. The number of ether oxygens (including phenoxy) is 3. The van der Waals surface area contributed by atoms with Crippen molar-refractivity contribution >= 4 is 5.97 Å². The Morgan fingerprint density at radius 1 is 0.889 bits per heavy atom. The lowest BCUT2D eigenvalue weighted by molar-refractivity contribution is -0.208. The molecule has 0 bridgehead atoms. The standard InChI is InChI=1S/C30H42N2O4/c1-3-5-7-9-28-34-20-26(21-35-28)30(33)36-27-16-14-24(15-17-27)29-31-18-25(19-32-29)23-12-10-22(11-13-23)8-6-4-2/h14-19,22-23,26,28H,3-13,20-21H2,1-2H3/t22-,23-,26-,28-. The molecule has 1 aromatic heterocycles. The van der Waals surface area contributed by atoms with Gasteiger partial charge in [0.1, 0.15) is 11.7 Å². The molecule has 2 aliphatic rings. The number of unbranched alkanes of at least 4 members (excludes halogenated alkanes) is 3. The molecular formula is C30H42N2O4. The van der Waals surface area contributed by atoms with Gasteiger partial charge in [0.2, 0.25) is 0 Å². The summed E-state index contributed by atoms with van der Waals surface area (Å²) in [6.07, 6.45) is 17.2. The van der Waals surface area contributed by atoms with E-state index in [1.54, 1.807) is 12.1 Å². The van der Waals surface area contributed by atoms with Crippen LogP contribution >= 0.6 is 0 Å². The van der Waals surface area contributed by atoms with Crippen LogP contribution in [0.4, 0.5) is 0 Å². The van der Waals surface area contributed by atoms with Crippen LogP contribution in [0.25, 0.3) is 11.4 Å². The Morgan fingerprint density at radius 2 is 1.56 bits per heavy atom. The summed E-state index contributed by atoms with van der Waals surface area (Å²) < 4.78 is 17.0. The summed E-state index contributed by atoms with van der Waals surface area (Å²) in [6.45, 7) is 5.13. The van der Waals surface area contributed by atoms with E-state index >= 15 is 0 Å². The first kappa shape index (κ1) is 26.7. The number of carbonyl (C=O) groups excluding carboxylic acids is 1. The minimum atomic E-state index is -0.398. The second-order valence-corrected chi connectivity index (χ2v) is 10.4. The van der Waals surface area contributed by atoms with Gasteiger partial charge in [-0.1, -0.05) is 46.0 Å². The second kappa shape index (κ2) is 13.8. The van der Waals surface area contributed by atoms with E-state index in [4.69, 9.17) is 14.2 Å². The van der Waals surface area contributed by atoms with E-state index in [1.165, 1.54) is 56.9 Å². The lowest BCUT2D eigenvalue weighted by atomic mass is 9.78. The molecule has 2 aromatic rings. The van der Waals surface area contributed by atoms with E-state index in [-0.39, 0.29) is 12.3 Å². The molecule has 4 rings (SSSR count). The SMILES string of the molecule is CCCCC[C@H]1OC[C@H](C(=O)Oc2ccc(-c3ncc([C@H]4CC[C@H](CCCC)CC4)cn3)cc2)CO1. The maximum Gasteiger partial charge on any atom is 0.319 e. The summed E-state index contributed by atoms with van der Waals surface area (Å²) in [7, 11) is 0. The first-order valence-corrected chi connectivity index (χ1v) is 14.0. The predicted octanol–water partition coefficient (Wildman–Crippen LogP) is 7.08. The predicted molar refractivity (Wildman–Crippen MR) is 141 cm³/mol. The normalized spacial score (nSPS) is 24.4. The van der Waals surface area contributed by atoms with Gasteiger partial charge in [-0.2, -0.15) is 0 Å². The molecule has 0 spiro atoms. The Hall–Kier alpha value is -2.31. The van der Waals surface area contributed by atoms with Crippen molar-refractivity contribution in [3.63, 3.8) is 0 Å². The summed E-state index contributed by atoms with van der Waals surface area (Å²) in [5.74, 6) is 1.96. The van der Waals surface area contributed by atoms with Crippen LogP contribution in [0, 0.1) is 11.8 Å². The summed E-state index contributed by atoms with van der Waals surface area (Å²) in [5.41, 5.74) is 2.16. The monoisotopic (exact) mass is 494 g/mol. The Labute approximate surface area is 216 Å². The van der Waals surface area contributed by atoms with Gasteiger partial charge in [0.05, 0.1) is 13.2 Å².